The molecule has 1 aromatic carbocycles. The molecule has 0 aromatic heterocycles. The monoisotopic (exact) mass is 166 g/mol. The first kappa shape index (κ1) is 8.52. The van der Waals surface area contributed by atoms with Gasteiger partial charge in [-0.2, -0.15) is 0 Å². The van der Waals surface area contributed by atoms with Crippen LogP contribution in [-0.4, -0.2) is 11.7 Å². The molecule has 0 spiro atoms. The third-order valence-electron chi connectivity index (χ3n) is 1.30. The van der Waals surface area contributed by atoms with Gasteiger partial charge in [0, 0.05) is 0 Å². The molecular weight excluding hydrogens is 158 g/mol. The van der Waals surface area contributed by atoms with Gasteiger partial charge in [-0.1, -0.05) is 18.2 Å². The van der Waals surface area contributed by atoms with E-state index in [2.05, 4.69) is 6.92 Å². The molecule has 0 amide bonds. The number of hydrogen-bond donors (Lipinski definition) is 0. The highest BCUT2D eigenvalue weighted by molar-refractivity contribution is 5.34. The van der Waals surface area contributed by atoms with Crippen molar-refractivity contribution < 1.29 is 9.66 Å². The second-order valence-electron chi connectivity index (χ2n) is 2.21. The molecule has 0 atom stereocenters. The van der Waals surface area contributed by atoms with Gasteiger partial charge in [-0.3, -0.25) is 10.1 Å². The molecule has 0 aliphatic rings. The van der Waals surface area contributed by atoms with Crippen LogP contribution < -0.4 is 4.74 Å². The van der Waals surface area contributed by atoms with E-state index in [9.17, 15) is 10.1 Å². The molecule has 1 rings (SSSR count). The van der Waals surface area contributed by atoms with E-state index in [1.165, 1.54) is 0 Å². The van der Waals surface area contributed by atoms with Crippen molar-refractivity contribution in [3.63, 3.8) is 0 Å². The highest BCUT2D eigenvalue weighted by Crippen LogP contribution is 2.15. The first-order valence-electron chi connectivity index (χ1n) is 3.36. The number of nitro groups is 1. The zero-order chi connectivity index (χ0) is 8.97. The molecule has 1 aromatic rings. The highest BCUT2D eigenvalue weighted by atomic mass is 16.7. The standard InChI is InChI=1S/C8H8NO3/c1-7-4-2-3-5-8(7)12-6-9(10)11/h2-5H,1,6H2. The van der Waals surface area contributed by atoms with E-state index >= 15 is 0 Å². The maximum absolute atomic E-state index is 9.94. The fourth-order valence-electron chi connectivity index (χ4n) is 0.767. The Balaban J connectivity index is 2.63. The Morgan fingerprint density at radius 3 is 2.75 bits per heavy atom. The molecule has 0 N–H and O–H groups in total. The van der Waals surface area contributed by atoms with Gasteiger partial charge in [0.1, 0.15) is 5.75 Å². The summed E-state index contributed by atoms with van der Waals surface area (Å²) in [6.45, 7) is 3.13. The van der Waals surface area contributed by atoms with E-state index in [1.807, 2.05) is 0 Å². The topological polar surface area (TPSA) is 52.4 Å². The van der Waals surface area contributed by atoms with E-state index in [4.69, 9.17) is 4.74 Å². The van der Waals surface area contributed by atoms with Crippen molar-refractivity contribution >= 4 is 0 Å². The lowest BCUT2D eigenvalue weighted by molar-refractivity contribution is -0.514. The summed E-state index contributed by atoms with van der Waals surface area (Å²) in [5, 5.41) is 9.94. The average molecular weight is 166 g/mol. The number of benzene rings is 1. The maximum Gasteiger partial charge on any atom is 0.344 e. The normalized spacial score (nSPS) is 9.42. The van der Waals surface area contributed by atoms with Gasteiger partial charge in [-0.05, 0) is 18.6 Å². The Morgan fingerprint density at radius 2 is 2.17 bits per heavy atom. The molecular formula is C8H8NO3. The highest BCUT2D eigenvalue weighted by Gasteiger charge is 2.00. The van der Waals surface area contributed by atoms with E-state index in [0.717, 1.165) is 0 Å². The van der Waals surface area contributed by atoms with Crippen molar-refractivity contribution in [2.45, 2.75) is 0 Å². The van der Waals surface area contributed by atoms with Crippen LogP contribution in [0.2, 0.25) is 0 Å². The van der Waals surface area contributed by atoms with Crippen LogP contribution in [0.1, 0.15) is 5.56 Å². The van der Waals surface area contributed by atoms with Gasteiger partial charge in [-0.25, -0.2) is 0 Å². The van der Waals surface area contributed by atoms with Crippen molar-refractivity contribution in [2.24, 2.45) is 0 Å². The van der Waals surface area contributed by atoms with Crippen LogP contribution in [0.5, 0.6) is 5.75 Å². The number of hydrogen-bond acceptors (Lipinski definition) is 3. The minimum Gasteiger partial charge on any atom is -0.432 e. The summed E-state index contributed by atoms with van der Waals surface area (Å²) in [6.07, 6.45) is 0. The summed E-state index contributed by atoms with van der Waals surface area (Å²) >= 11 is 0. The molecule has 0 saturated carbocycles. The quantitative estimate of drug-likeness (QED) is 0.388. The Hall–Kier alpha value is -1.58. The molecule has 0 aliphatic heterocycles. The minimum absolute atomic E-state index is 0.453. The summed E-state index contributed by atoms with van der Waals surface area (Å²) in [7, 11) is 0. The van der Waals surface area contributed by atoms with E-state index in [-0.39, 0.29) is 0 Å². The Labute approximate surface area is 69.9 Å². The predicted octanol–water partition coefficient (Wildman–Crippen LogP) is 1.48. The Kier molecular flexibility index (Phi) is 2.63. The SMILES string of the molecule is [CH2]c1ccccc1OC[N+](=O)[O-]. The first-order valence-corrected chi connectivity index (χ1v) is 3.36. The van der Waals surface area contributed by atoms with E-state index < -0.39 is 11.7 Å². The van der Waals surface area contributed by atoms with E-state index in [0.29, 0.717) is 11.3 Å². The van der Waals surface area contributed by atoms with Crippen molar-refractivity contribution in [1.82, 2.24) is 0 Å². The smallest absolute Gasteiger partial charge is 0.344 e. The molecule has 63 valence electrons. The third kappa shape index (κ3) is 2.23. The number of rotatable bonds is 3. The summed E-state index contributed by atoms with van der Waals surface area (Å²) in [6, 6.07) is 6.91. The van der Waals surface area contributed by atoms with Crippen molar-refractivity contribution in [2.75, 3.05) is 6.73 Å². The zero-order valence-corrected chi connectivity index (χ0v) is 6.40. The van der Waals surface area contributed by atoms with Crippen LogP contribution in [0.4, 0.5) is 0 Å². The van der Waals surface area contributed by atoms with Gasteiger partial charge in [0.15, 0.2) is 0 Å². The molecule has 1 radical (unpaired) electrons. The average Bonchev–Trinajstić information content (AvgIpc) is 2.03. The minimum atomic E-state index is -0.535. The molecule has 0 aliphatic carbocycles. The van der Waals surface area contributed by atoms with Crippen LogP contribution >= 0.6 is 0 Å². The fraction of sp³-hybridized carbons (Fsp3) is 0.125. The lowest BCUT2D eigenvalue weighted by atomic mass is 10.2. The van der Waals surface area contributed by atoms with Crippen molar-refractivity contribution in [3.8, 4) is 5.75 Å². The van der Waals surface area contributed by atoms with Gasteiger partial charge >= 0.3 is 6.73 Å². The van der Waals surface area contributed by atoms with Crippen LogP contribution in [0, 0.1) is 17.0 Å². The lowest BCUT2D eigenvalue weighted by Crippen LogP contribution is -2.08. The third-order valence-corrected chi connectivity index (χ3v) is 1.30. The second-order valence-corrected chi connectivity index (χ2v) is 2.21. The summed E-state index contributed by atoms with van der Waals surface area (Å²) in [4.78, 5) is 9.41. The van der Waals surface area contributed by atoms with Gasteiger partial charge in [0.2, 0.25) is 0 Å². The van der Waals surface area contributed by atoms with Crippen molar-refractivity contribution in [3.05, 3.63) is 46.9 Å². The molecule has 4 nitrogen and oxygen atoms in total. The first-order chi connectivity index (χ1) is 5.70. The number of para-hydroxylation sites is 1. The number of ether oxygens (including phenoxy) is 1. The lowest BCUT2D eigenvalue weighted by Gasteiger charge is -2.02. The maximum atomic E-state index is 9.94. The predicted molar refractivity (Wildman–Crippen MR) is 43.4 cm³/mol. The Bertz CT molecular complexity index is 285. The summed E-state index contributed by atoms with van der Waals surface area (Å²) in [5.41, 5.74) is 0.652. The molecule has 12 heavy (non-hydrogen) atoms. The van der Waals surface area contributed by atoms with Crippen LogP contribution in [0.25, 0.3) is 0 Å². The molecule has 0 saturated heterocycles. The fourth-order valence-corrected chi connectivity index (χ4v) is 0.767. The molecule has 0 heterocycles. The molecule has 0 bridgehead atoms. The largest absolute Gasteiger partial charge is 0.432 e. The second kappa shape index (κ2) is 3.71. The molecule has 0 fully saturated rings. The van der Waals surface area contributed by atoms with Crippen molar-refractivity contribution in [1.29, 1.82) is 0 Å². The Morgan fingerprint density at radius 1 is 1.50 bits per heavy atom. The summed E-state index contributed by atoms with van der Waals surface area (Å²) < 4.78 is 4.84. The molecule has 0 unspecified atom stereocenters. The van der Waals surface area contributed by atoms with Gasteiger partial charge in [-0.15, -0.1) is 0 Å². The summed E-state index contributed by atoms with van der Waals surface area (Å²) in [5.74, 6) is 0.453. The zero-order valence-electron chi connectivity index (χ0n) is 6.40. The van der Waals surface area contributed by atoms with E-state index in [1.54, 1.807) is 24.3 Å². The number of nitrogens with zero attached hydrogens (tertiary/aromatic N) is 1. The molecule has 4 heteroatoms. The van der Waals surface area contributed by atoms with Gasteiger partial charge in [0.05, 0.1) is 4.92 Å². The van der Waals surface area contributed by atoms with Gasteiger partial charge < -0.3 is 4.74 Å². The van der Waals surface area contributed by atoms with Gasteiger partial charge in [0.25, 0.3) is 0 Å². The van der Waals surface area contributed by atoms with Crippen LogP contribution in [0.3, 0.4) is 0 Å². The van der Waals surface area contributed by atoms with Crippen LogP contribution in [-0.2, 0) is 0 Å². The van der Waals surface area contributed by atoms with Crippen LogP contribution in [0.15, 0.2) is 24.3 Å².